The maximum Gasteiger partial charge on any atom is 0.190 e. The Morgan fingerprint density at radius 3 is 2.32 bits per heavy atom. The molecule has 0 amide bonds. The average molecular weight is 328 g/mol. The molecular weight excluding hydrogens is 312 g/mol. The molecule has 0 aromatic heterocycles. The fourth-order valence-corrected chi connectivity index (χ4v) is 3.83. The van der Waals surface area contributed by atoms with Crippen LogP contribution < -0.4 is 9.47 Å². The zero-order chi connectivity index (χ0) is 17.0. The van der Waals surface area contributed by atoms with Crippen LogP contribution >= 0.6 is 0 Å². The first-order chi connectivity index (χ1) is 12.2. The Bertz CT molecular complexity index is 1050. The van der Waals surface area contributed by atoms with E-state index in [1.54, 1.807) is 13.2 Å². The van der Waals surface area contributed by atoms with Gasteiger partial charge in [0.1, 0.15) is 17.3 Å². The number of rotatable bonds is 2. The molecule has 2 aliphatic rings. The van der Waals surface area contributed by atoms with Gasteiger partial charge < -0.3 is 9.47 Å². The SMILES string of the molecule is COc1ccc(C2=CC(=O)c3ccc4c5c(ccc(c35)O2)CC4)cc1. The van der Waals surface area contributed by atoms with Crippen molar-refractivity contribution in [1.82, 2.24) is 0 Å². The molecule has 0 saturated carbocycles. The number of ether oxygens (including phenoxy) is 2. The summed E-state index contributed by atoms with van der Waals surface area (Å²) in [6, 6.07) is 15.7. The highest BCUT2D eigenvalue weighted by Crippen LogP contribution is 2.41. The summed E-state index contributed by atoms with van der Waals surface area (Å²) in [5.74, 6) is 2.08. The number of ketones is 1. The lowest BCUT2D eigenvalue weighted by Crippen LogP contribution is -1.97. The fraction of sp³-hybridized carbons (Fsp3) is 0.136. The topological polar surface area (TPSA) is 35.5 Å². The number of benzene rings is 3. The Hall–Kier alpha value is -3.07. The number of hydrogen-bond donors (Lipinski definition) is 0. The van der Waals surface area contributed by atoms with Crippen molar-refractivity contribution in [3.63, 3.8) is 0 Å². The molecule has 0 atom stereocenters. The van der Waals surface area contributed by atoms with E-state index in [0.717, 1.165) is 40.9 Å². The summed E-state index contributed by atoms with van der Waals surface area (Å²) in [6.07, 6.45) is 3.65. The zero-order valence-corrected chi connectivity index (χ0v) is 13.8. The van der Waals surface area contributed by atoms with Crippen molar-refractivity contribution in [2.24, 2.45) is 0 Å². The molecular formula is C22H16O3. The summed E-state index contributed by atoms with van der Waals surface area (Å²) in [5, 5.41) is 2.16. The lowest BCUT2D eigenvalue weighted by Gasteiger charge is -2.12. The van der Waals surface area contributed by atoms with Gasteiger partial charge >= 0.3 is 0 Å². The number of aryl methyl sites for hydroxylation is 2. The molecule has 3 nitrogen and oxygen atoms in total. The maximum absolute atomic E-state index is 12.9. The first-order valence-corrected chi connectivity index (χ1v) is 8.40. The van der Waals surface area contributed by atoms with Gasteiger partial charge in [-0.1, -0.05) is 12.1 Å². The van der Waals surface area contributed by atoms with Crippen LogP contribution in [0.1, 0.15) is 27.0 Å². The van der Waals surface area contributed by atoms with Crippen LogP contribution in [0.4, 0.5) is 0 Å². The maximum atomic E-state index is 12.9. The van der Waals surface area contributed by atoms with E-state index in [1.807, 2.05) is 36.4 Å². The number of allylic oxidation sites excluding steroid dienone is 1. The summed E-state index contributed by atoms with van der Waals surface area (Å²) in [4.78, 5) is 12.9. The van der Waals surface area contributed by atoms with Gasteiger partial charge in [0, 0.05) is 22.6 Å². The molecule has 3 heteroatoms. The molecule has 0 saturated heterocycles. The Kier molecular flexibility index (Phi) is 2.98. The third kappa shape index (κ3) is 2.09. The predicted molar refractivity (Wildman–Crippen MR) is 97.3 cm³/mol. The lowest BCUT2D eigenvalue weighted by molar-refractivity contribution is 0.104. The Morgan fingerprint density at radius 2 is 1.60 bits per heavy atom. The molecule has 0 bridgehead atoms. The molecule has 0 fully saturated rings. The van der Waals surface area contributed by atoms with Crippen molar-refractivity contribution in [3.8, 4) is 11.5 Å². The monoisotopic (exact) mass is 328 g/mol. The highest BCUT2D eigenvalue weighted by atomic mass is 16.5. The van der Waals surface area contributed by atoms with Crippen molar-refractivity contribution < 1.29 is 14.3 Å². The molecule has 3 aromatic rings. The third-order valence-corrected chi connectivity index (χ3v) is 5.08. The van der Waals surface area contributed by atoms with Gasteiger partial charge in [0.15, 0.2) is 5.78 Å². The third-order valence-electron chi connectivity index (χ3n) is 5.08. The molecule has 1 aliphatic carbocycles. The number of methoxy groups -OCH3 is 1. The van der Waals surface area contributed by atoms with E-state index in [2.05, 4.69) is 12.1 Å². The van der Waals surface area contributed by atoms with Crippen LogP contribution in [-0.2, 0) is 12.8 Å². The lowest BCUT2D eigenvalue weighted by atomic mass is 9.97. The smallest absolute Gasteiger partial charge is 0.190 e. The van der Waals surface area contributed by atoms with Crippen LogP contribution in [-0.4, -0.2) is 12.9 Å². The summed E-state index contributed by atoms with van der Waals surface area (Å²) < 4.78 is 11.4. The minimum Gasteiger partial charge on any atom is -0.497 e. The second kappa shape index (κ2) is 5.21. The number of carbonyl (C=O) groups is 1. The van der Waals surface area contributed by atoms with E-state index < -0.39 is 0 Å². The predicted octanol–water partition coefficient (Wildman–Crippen LogP) is 4.56. The Balaban J connectivity index is 1.70. The van der Waals surface area contributed by atoms with Crippen LogP contribution in [0.5, 0.6) is 11.5 Å². The van der Waals surface area contributed by atoms with Crippen molar-refractivity contribution in [1.29, 1.82) is 0 Å². The standard InChI is InChI=1S/C22H16O3/c1-24-16-8-4-13(5-9-16)20-12-18(23)17-10-6-14-2-3-15-7-11-19(25-20)22(17)21(14)15/h4-12H,2-3H2,1H3. The van der Waals surface area contributed by atoms with Gasteiger partial charge in [-0.25, -0.2) is 0 Å². The van der Waals surface area contributed by atoms with Crippen molar-refractivity contribution in [2.45, 2.75) is 12.8 Å². The van der Waals surface area contributed by atoms with Crippen molar-refractivity contribution >= 4 is 22.3 Å². The van der Waals surface area contributed by atoms with Crippen molar-refractivity contribution in [2.75, 3.05) is 7.11 Å². The van der Waals surface area contributed by atoms with E-state index in [1.165, 1.54) is 16.5 Å². The molecule has 1 aliphatic heterocycles. The van der Waals surface area contributed by atoms with Crippen LogP contribution in [0.25, 0.3) is 16.5 Å². The van der Waals surface area contributed by atoms with Crippen LogP contribution in [0.3, 0.4) is 0 Å². The first kappa shape index (κ1) is 14.3. The molecule has 1 heterocycles. The minimum atomic E-state index is -0.0137. The fourth-order valence-electron chi connectivity index (χ4n) is 3.83. The van der Waals surface area contributed by atoms with E-state index >= 15 is 0 Å². The number of hydrogen-bond acceptors (Lipinski definition) is 3. The van der Waals surface area contributed by atoms with Crippen LogP contribution in [0.2, 0.25) is 0 Å². The van der Waals surface area contributed by atoms with Gasteiger partial charge in [0.2, 0.25) is 0 Å². The van der Waals surface area contributed by atoms with Gasteiger partial charge in [-0.3, -0.25) is 4.79 Å². The second-order valence-corrected chi connectivity index (χ2v) is 6.45. The Labute approximate surface area is 145 Å². The molecule has 0 spiro atoms. The van der Waals surface area contributed by atoms with Crippen molar-refractivity contribution in [3.05, 3.63) is 76.9 Å². The van der Waals surface area contributed by atoms with Gasteiger partial charge in [-0.15, -0.1) is 0 Å². The second-order valence-electron chi connectivity index (χ2n) is 6.45. The van der Waals surface area contributed by atoms with E-state index in [0.29, 0.717) is 5.76 Å². The quantitative estimate of drug-likeness (QED) is 0.691. The normalized spacial score (nSPS) is 14.9. The molecule has 122 valence electrons. The minimum absolute atomic E-state index is 0.0137. The summed E-state index contributed by atoms with van der Waals surface area (Å²) >= 11 is 0. The Morgan fingerprint density at radius 1 is 0.880 bits per heavy atom. The van der Waals surface area contributed by atoms with Crippen LogP contribution in [0.15, 0.2) is 54.6 Å². The van der Waals surface area contributed by atoms with Gasteiger partial charge in [-0.2, -0.15) is 0 Å². The molecule has 0 N–H and O–H groups in total. The van der Waals surface area contributed by atoms with Crippen LogP contribution in [0, 0.1) is 0 Å². The summed E-state index contributed by atoms with van der Waals surface area (Å²) in [7, 11) is 1.63. The first-order valence-electron chi connectivity index (χ1n) is 8.40. The summed E-state index contributed by atoms with van der Waals surface area (Å²) in [6.45, 7) is 0. The highest BCUT2D eigenvalue weighted by molar-refractivity contribution is 6.19. The van der Waals surface area contributed by atoms with E-state index in [4.69, 9.17) is 9.47 Å². The molecule has 5 rings (SSSR count). The van der Waals surface area contributed by atoms with Gasteiger partial charge in [0.25, 0.3) is 0 Å². The molecule has 25 heavy (non-hydrogen) atoms. The molecule has 0 radical (unpaired) electrons. The van der Waals surface area contributed by atoms with Gasteiger partial charge in [-0.05, 0) is 65.8 Å². The molecule has 3 aromatic carbocycles. The van der Waals surface area contributed by atoms with E-state index in [9.17, 15) is 4.79 Å². The highest BCUT2D eigenvalue weighted by Gasteiger charge is 2.25. The van der Waals surface area contributed by atoms with E-state index in [-0.39, 0.29) is 5.78 Å². The average Bonchev–Trinajstić information content (AvgIpc) is 3.01. The van der Waals surface area contributed by atoms with Gasteiger partial charge in [0.05, 0.1) is 7.11 Å². The number of carbonyl (C=O) groups excluding carboxylic acids is 1. The summed E-state index contributed by atoms with van der Waals surface area (Å²) in [5.41, 5.74) is 4.19. The largest absolute Gasteiger partial charge is 0.497 e. The molecule has 0 unspecified atom stereocenters. The zero-order valence-electron chi connectivity index (χ0n) is 13.8.